The molecule has 4 aromatic rings. The smallest absolute Gasteiger partial charge is 0.274 e. The fourth-order valence-electron chi connectivity index (χ4n) is 5.10. The monoisotopic (exact) mass is 530 g/mol. The first kappa shape index (κ1) is 24.8. The Hall–Kier alpha value is -3.53. The highest BCUT2D eigenvalue weighted by molar-refractivity contribution is 7.90. The third-order valence-corrected chi connectivity index (χ3v) is 8.80. The van der Waals surface area contributed by atoms with E-state index in [0.717, 1.165) is 48.2 Å². The van der Waals surface area contributed by atoms with E-state index in [9.17, 15) is 13.2 Å². The van der Waals surface area contributed by atoms with Crippen LogP contribution in [0.3, 0.4) is 0 Å². The molecule has 196 valence electrons. The Labute approximate surface area is 221 Å². The highest BCUT2D eigenvalue weighted by Gasteiger charge is 2.33. The lowest BCUT2D eigenvalue weighted by Crippen LogP contribution is -2.30. The maximum absolute atomic E-state index is 13.8. The summed E-state index contributed by atoms with van der Waals surface area (Å²) in [6, 6.07) is 6.79. The molecule has 0 aliphatic heterocycles. The maximum atomic E-state index is 13.8. The van der Waals surface area contributed by atoms with E-state index in [1.165, 1.54) is 6.26 Å². The second-order valence-electron chi connectivity index (χ2n) is 10.6. The van der Waals surface area contributed by atoms with Gasteiger partial charge in [-0.25, -0.2) is 33.3 Å². The number of rotatable bonds is 8. The van der Waals surface area contributed by atoms with Gasteiger partial charge in [-0.15, -0.1) is 0 Å². The van der Waals surface area contributed by atoms with Crippen molar-refractivity contribution >= 4 is 21.0 Å². The van der Waals surface area contributed by atoms with Gasteiger partial charge in [-0.2, -0.15) is 0 Å². The number of aryl methyl sites for hydroxylation is 3. The fourth-order valence-corrected chi connectivity index (χ4v) is 5.73. The molecule has 38 heavy (non-hydrogen) atoms. The van der Waals surface area contributed by atoms with E-state index in [4.69, 9.17) is 9.97 Å². The minimum Gasteiger partial charge on any atom is -0.287 e. The van der Waals surface area contributed by atoms with Crippen LogP contribution in [-0.4, -0.2) is 44.2 Å². The van der Waals surface area contributed by atoms with Gasteiger partial charge in [0.15, 0.2) is 21.3 Å². The van der Waals surface area contributed by atoms with Gasteiger partial charge in [-0.05, 0) is 76.0 Å². The third-order valence-electron chi connectivity index (χ3n) is 7.67. The van der Waals surface area contributed by atoms with Gasteiger partial charge in [0.05, 0.1) is 28.0 Å². The summed E-state index contributed by atoms with van der Waals surface area (Å²) in [5.74, 6) is 1.39. The van der Waals surface area contributed by atoms with Crippen molar-refractivity contribution in [2.75, 3.05) is 6.26 Å². The molecule has 6 rings (SSSR count). The van der Waals surface area contributed by atoms with Crippen molar-refractivity contribution < 1.29 is 8.42 Å². The van der Waals surface area contributed by atoms with Crippen LogP contribution < -0.4 is 5.56 Å². The van der Waals surface area contributed by atoms with Crippen molar-refractivity contribution in [2.45, 2.75) is 69.2 Å². The molecule has 10 heteroatoms. The Bertz CT molecular complexity index is 1710. The Morgan fingerprint density at radius 1 is 1.00 bits per heavy atom. The van der Waals surface area contributed by atoms with Gasteiger partial charge in [0.2, 0.25) is 0 Å². The normalized spacial score (nSPS) is 16.6. The Morgan fingerprint density at radius 3 is 2.39 bits per heavy atom. The third kappa shape index (κ3) is 4.73. The van der Waals surface area contributed by atoms with E-state index in [-0.39, 0.29) is 16.5 Å². The molecule has 0 N–H and O–H groups in total. The summed E-state index contributed by atoms with van der Waals surface area (Å²) in [6.07, 6.45) is 9.89. The van der Waals surface area contributed by atoms with Crippen molar-refractivity contribution in [2.24, 2.45) is 5.92 Å². The van der Waals surface area contributed by atoms with E-state index in [0.29, 0.717) is 47.4 Å². The van der Waals surface area contributed by atoms with E-state index in [2.05, 4.69) is 21.9 Å². The molecule has 0 spiro atoms. The number of hydrogen-bond acceptors (Lipinski definition) is 8. The number of hydrogen-bond donors (Lipinski definition) is 0. The highest BCUT2D eigenvalue weighted by atomic mass is 32.2. The predicted octanol–water partition coefficient (Wildman–Crippen LogP) is 3.99. The molecule has 2 aliphatic rings. The van der Waals surface area contributed by atoms with Crippen molar-refractivity contribution in [3.05, 3.63) is 69.8 Å². The fraction of sp³-hybridized carbons (Fsp3) is 0.429. The molecule has 0 radical (unpaired) electrons. The number of nitrogens with zero attached hydrogens (tertiary/aromatic N) is 6. The Morgan fingerprint density at radius 2 is 1.74 bits per heavy atom. The summed E-state index contributed by atoms with van der Waals surface area (Å²) in [5, 5.41) is 0. The quantitative estimate of drug-likeness (QED) is 0.335. The van der Waals surface area contributed by atoms with Crippen LogP contribution in [0.15, 0.2) is 46.5 Å². The van der Waals surface area contributed by atoms with Crippen molar-refractivity contribution in [3.8, 4) is 11.4 Å². The molecule has 1 atom stereocenters. The minimum absolute atomic E-state index is 0.000401. The van der Waals surface area contributed by atoms with Gasteiger partial charge in [0, 0.05) is 18.2 Å². The SMILES string of the molecule is Cc1ncnc(C2CC2)c1-c1ncc2nc(CCc3ccc(S(C)(=O)=O)cc3)c(=O)n([C@@H](C)C3CC3)c2n1. The van der Waals surface area contributed by atoms with Crippen LogP contribution in [0, 0.1) is 12.8 Å². The molecule has 3 heterocycles. The number of aromatic nitrogens is 6. The molecular formula is C28H30N6O3S. The number of sulfone groups is 1. The van der Waals surface area contributed by atoms with Crippen molar-refractivity contribution in [1.29, 1.82) is 0 Å². The Balaban J connectivity index is 1.40. The van der Waals surface area contributed by atoms with Crippen LogP contribution in [0.1, 0.15) is 67.2 Å². The zero-order valence-corrected chi connectivity index (χ0v) is 22.6. The summed E-state index contributed by atoms with van der Waals surface area (Å²) < 4.78 is 25.3. The van der Waals surface area contributed by atoms with Gasteiger partial charge in [-0.3, -0.25) is 9.36 Å². The second kappa shape index (κ2) is 9.34. The first-order valence-corrected chi connectivity index (χ1v) is 15.0. The number of benzene rings is 1. The summed E-state index contributed by atoms with van der Waals surface area (Å²) in [6.45, 7) is 4.03. The lowest BCUT2D eigenvalue weighted by Gasteiger charge is -2.18. The van der Waals surface area contributed by atoms with Crippen LogP contribution in [0.4, 0.5) is 0 Å². The molecule has 0 saturated heterocycles. The van der Waals surface area contributed by atoms with Gasteiger partial charge in [0.1, 0.15) is 17.5 Å². The molecule has 2 aliphatic carbocycles. The lowest BCUT2D eigenvalue weighted by atomic mass is 10.1. The van der Waals surface area contributed by atoms with Crippen molar-refractivity contribution in [3.63, 3.8) is 0 Å². The molecule has 0 unspecified atom stereocenters. The largest absolute Gasteiger partial charge is 0.287 e. The summed E-state index contributed by atoms with van der Waals surface area (Å²) in [7, 11) is -3.25. The standard InChI is InChI=1S/C28H30N6O3S/c1-16-24(25(20-9-10-20)31-15-30-16)26-29-14-23-27(33-26)34(17(2)19-7-8-19)28(35)22(32-23)13-6-18-4-11-21(12-5-18)38(3,36)37/h4-5,11-12,14-15,17,19-20H,6-10,13H2,1-3H3/t17-/m0/s1. The molecule has 0 bridgehead atoms. The average molecular weight is 531 g/mol. The zero-order chi connectivity index (χ0) is 26.6. The van der Waals surface area contributed by atoms with E-state index in [1.54, 1.807) is 36.8 Å². The van der Waals surface area contributed by atoms with Crippen LogP contribution in [0.2, 0.25) is 0 Å². The topological polar surface area (TPSA) is 121 Å². The van der Waals surface area contributed by atoms with Crippen molar-refractivity contribution in [1.82, 2.24) is 29.5 Å². The first-order chi connectivity index (χ1) is 18.2. The summed E-state index contributed by atoms with van der Waals surface area (Å²) in [5.41, 5.74) is 5.08. The Kier molecular flexibility index (Phi) is 6.09. The van der Waals surface area contributed by atoms with Gasteiger partial charge >= 0.3 is 0 Å². The molecule has 2 saturated carbocycles. The second-order valence-corrected chi connectivity index (χ2v) is 12.6. The zero-order valence-electron chi connectivity index (χ0n) is 21.8. The van der Waals surface area contributed by atoms with E-state index < -0.39 is 9.84 Å². The van der Waals surface area contributed by atoms with Crippen LogP contribution >= 0.6 is 0 Å². The van der Waals surface area contributed by atoms with E-state index in [1.807, 2.05) is 11.5 Å². The van der Waals surface area contributed by atoms with Gasteiger partial charge in [0.25, 0.3) is 5.56 Å². The summed E-state index contributed by atoms with van der Waals surface area (Å²) >= 11 is 0. The molecule has 2 fully saturated rings. The van der Waals surface area contributed by atoms with Crippen LogP contribution in [0.5, 0.6) is 0 Å². The van der Waals surface area contributed by atoms with Gasteiger partial charge < -0.3 is 0 Å². The molecular weight excluding hydrogens is 500 g/mol. The van der Waals surface area contributed by atoms with Crippen LogP contribution in [-0.2, 0) is 22.7 Å². The highest BCUT2D eigenvalue weighted by Crippen LogP contribution is 2.43. The van der Waals surface area contributed by atoms with E-state index >= 15 is 0 Å². The van der Waals surface area contributed by atoms with Gasteiger partial charge in [-0.1, -0.05) is 12.1 Å². The first-order valence-electron chi connectivity index (χ1n) is 13.1. The summed E-state index contributed by atoms with van der Waals surface area (Å²) in [4.78, 5) is 37.3. The number of fused-ring (bicyclic) bond motifs is 1. The molecule has 1 aromatic carbocycles. The minimum atomic E-state index is -3.25. The maximum Gasteiger partial charge on any atom is 0.274 e. The molecule has 3 aromatic heterocycles. The average Bonchev–Trinajstić information content (AvgIpc) is 3.80. The van der Waals surface area contributed by atoms with Crippen LogP contribution in [0.25, 0.3) is 22.6 Å². The predicted molar refractivity (Wildman–Crippen MR) is 144 cm³/mol. The lowest BCUT2D eigenvalue weighted by molar-refractivity contribution is 0.478. The molecule has 9 nitrogen and oxygen atoms in total. The molecule has 0 amide bonds.